The van der Waals surface area contributed by atoms with E-state index < -0.39 is 0 Å². The molecular weight excluding hydrogens is 364 g/mol. The first kappa shape index (κ1) is 17.8. The van der Waals surface area contributed by atoms with E-state index in [2.05, 4.69) is 21.2 Å². The Kier molecular flexibility index (Phi) is 4.71. The van der Waals surface area contributed by atoms with Gasteiger partial charge in [0.15, 0.2) is 11.5 Å². The van der Waals surface area contributed by atoms with Gasteiger partial charge in [-0.1, -0.05) is 49.6 Å². The number of benzene rings is 1. The minimum absolute atomic E-state index is 0.379. The van der Waals surface area contributed by atoms with Crippen LogP contribution in [0.15, 0.2) is 48.8 Å². The standard InChI is InChI=1S/C22H24N6O/c1-27-13-12-23-20(27)15-29-22-18(16-8-4-2-5-9-16)14-19-24-25-21(28(19)26-22)17-10-6-3-7-11-17/h3,6-7,10-14,16H,2,4-5,8-9,15H2,1H3. The molecule has 1 saturated carbocycles. The van der Waals surface area contributed by atoms with Crippen LogP contribution in [0.3, 0.4) is 0 Å². The summed E-state index contributed by atoms with van der Waals surface area (Å²) in [4.78, 5) is 4.37. The van der Waals surface area contributed by atoms with Gasteiger partial charge in [-0.3, -0.25) is 0 Å². The quantitative estimate of drug-likeness (QED) is 0.514. The SMILES string of the molecule is Cn1ccnc1COc1nn2c(-c3ccccc3)nnc2cc1C1CCCCC1. The van der Waals surface area contributed by atoms with Crippen molar-refractivity contribution >= 4 is 5.65 Å². The van der Waals surface area contributed by atoms with Gasteiger partial charge in [0.1, 0.15) is 12.4 Å². The van der Waals surface area contributed by atoms with Crippen LogP contribution < -0.4 is 4.74 Å². The first-order valence-corrected chi connectivity index (χ1v) is 10.2. The molecule has 29 heavy (non-hydrogen) atoms. The van der Waals surface area contributed by atoms with Crippen LogP contribution >= 0.6 is 0 Å². The minimum atomic E-state index is 0.379. The number of hydrogen-bond acceptors (Lipinski definition) is 5. The van der Waals surface area contributed by atoms with Gasteiger partial charge in [0.05, 0.1) is 0 Å². The Morgan fingerprint density at radius 1 is 1.07 bits per heavy atom. The molecule has 0 aliphatic heterocycles. The van der Waals surface area contributed by atoms with Gasteiger partial charge in [0.2, 0.25) is 5.88 Å². The zero-order valence-electron chi connectivity index (χ0n) is 16.5. The number of ether oxygens (including phenoxy) is 1. The number of rotatable bonds is 5. The van der Waals surface area contributed by atoms with Gasteiger partial charge in [-0.2, -0.15) is 4.52 Å². The zero-order chi connectivity index (χ0) is 19.6. The van der Waals surface area contributed by atoms with E-state index >= 15 is 0 Å². The maximum absolute atomic E-state index is 6.21. The first-order chi connectivity index (χ1) is 14.3. The normalized spacial score (nSPS) is 15.1. The van der Waals surface area contributed by atoms with Crippen molar-refractivity contribution in [3.05, 3.63) is 60.2 Å². The largest absolute Gasteiger partial charge is 0.468 e. The van der Waals surface area contributed by atoms with Gasteiger partial charge in [0, 0.05) is 30.6 Å². The topological polar surface area (TPSA) is 70.1 Å². The summed E-state index contributed by atoms with van der Waals surface area (Å²) in [5.41, 5.74) is 2.88. The maximum atomic E-state index is 6.21. The lowest BCUT2D eigenvalue weighted by Gasteiger charge is -2.23. The van der Waals surface area contributed by atoms with Crippen LogP contribution in [0.4, 0.5) is 0 Å². The third kappa shape index (κ3) is 3.48. The Hall–Kier alpha value is -3.22. The van der Waals surface area contributed by atoms with Crippen LogP contribution in [0.5, 0.6) is 5.88 Å². The molecular formula is C22H24N6O. The van der Waals surface area contributed by atoms with Crippen molar-refractivity contribution < 1.29 is 4.74 Å². The summed E-state index contributed by atoms with van der Waals surface area (Å²) in [6.45, 7) is 0.379. The zero-order valence-corrected chi connectivity index (χ0v) is 16.5. The Morgan fingerprint density at radius 2 is 1.90 bits per heavy atom. The molecule has 0 spiro atoms. The van der Waals surface area contributed by atoms with Crippen molar-refractivity contribution in [2.24, 2.45) is 7.05 Å². The Labute approximate surface area is 169 Å². The highest BCUT2D eigenvalue weighted by Gasteiger charge is 2.23. The van der Waals surface area contributed by atoms with Crippen LogP contribution in [0.1, 0.15) is 49.4 Å². The lowest BCUT2D eigenvalue weighted by Crippen LogP contribution is -2.12. The fourth-order valence-corrected chi connectivity index (χ4v) is 4.08. The van der Waals surface area contributed by atoms with E-state index in [9.17, 15) is 0 Å². The molecule has 7 nitrogen and oxygen atoms in total. The average molecular weight is 388 g/mol. The van der Waals surface area contributed by atoms with Crippen LogP contribution in [0.2, 0.25) is 0 Å². The summed E-state index contributed by atoms with van der Waals surface area (Å²) < 4.78 is 9.97. The molecule has 0 radical (unpaired) electrons. The number of aromatic nitrogens is 6. The van der Waals surface area contributed by atoms with E-state index in [1.54, 1.807) is 10.7 Å². The summed E-state index contributed by atoms with van der Waals surface area (Å²) >= 11 is 0. The van der Waals surface area contributed by atoms with E-state index in [0.29, 0.717) is 18.4 Å². The van der Waals surface area contributed by atoms with Gasteiger partial charge in [-0.05, 0) is 24.8 Å². The molecule has 3 heterocycles. The van der Waals surface area contributed by atoms with E-state index in [4.69, 9.17) is 9.84 Å². The number of nitrogens with zero attached hydrogens (tertiary/aromatic N) is 6. The molecule has 1 aliphatic rings. The van der Waals surface area contributed by atoms with Gasteiger partial charge < -0.3 is 9.30 Å². The number of imidazole rings is 1. The molecule has 1 aromatic carbocycles. The molecule has 3 aromatic heterocycles. The molecule has 7 heteroatoms. The van der Waals surface area contributed by atoms with Crippen LogP contribution in [0, 0.1) is 0 Å². The van der Waals surface area contributed by atoms with Gasteiger partial charge >= 0.3 is 0 Å². The van der Waals surface area contributed by atoms with Gasteiger partial charge in [-0.15, -0.1) is 15.3 Å². The number of hydrogen-bond donors (Lipinski definition) is 0. The van der Waals surface area contributed by atoms with Crippen molar-refractivity contribution in [3.63, 3.8) is 0 Å². The van der Waals surface area contributed by atoms with Crippen molar-refractivity contribution in [3.8, 4) is 17.3 Å². The molecule has 1 aliphatic carbocycles. The molecule has 0 amide bonds. The third-order valence-electron chi connectivity index (χ3n) is 5.72. The lowest BCUT2D eigenvalue weighted by molar-refractivity contribution is 0.268. The predicted molar refractivity (Wildman–Crippen MR) is 110 cm³/mol. The first-order valence-electron chi connectivity index (χ1n) is 10.2. The fourth-order valence-electron chi connectivity index (χ4n) is 4.08. The van der Waals surface area contributed by atoms with Crippen LogP contribution in [-0.2, 0) is 13.7 Å². The summed E-state index contributed by atoms with van der Waals surface area (Å²) in [6, 6.07) is 12.1. The van der Waals surface area contributed by atoms with Crippen LogP contribution in [-0.4, -0.2) is 29.4 Å². The van der Waals surface area contributed by atoms with Crippen molar-refractivity contribution in [1.29, 1.82) is 0 Å². The van der Waals surface area contributed by atoms with E-state index in [0.717, 1.165) is 41.3 Å². The molecule has 1 fully saturated rings. The fraction of sp³-hybridized carbons (Fsp3) is 0.364. The minimum Gasteiger partial charge on any atom is -0.468 e. The molecule has 148 valence electrons. The molecule has 0 bridgehead atoms. The monoisotopic (exact) mass is 388 g/mol. The average Bonchev–Trinajstić information content (AvgIpc) is 3.38. The summed E-state index contributed by atoms with van der Waals surface area (Å²) in [6.07, 6.45) is 9.83. The summed E-state index contributed by atoms with van der Waals surface area (Å²) in [5, 5.41) is 13.6. The van der Waals surface area contributed by atoms with Gasteiger partial charge in [0.25, 0.3) is 0 Å². The second-order valence-corrected chi connectivity index (χ2v) is 7.64. The second kappa shape index (κ2) is 7.66. The molecule has 0 N–H and O–H groups in total. The molecule has 5 rings (SSSR count). The third-order valence-corrected chi connectivity index (χ3v) is 5.72. The molecule has 0 unspecified atom stereocenters. The highest BCUT2D eigenvalue weighted by Crippen LogP contribution is 2.37. The van der Waals surface area contributed by atoms with E-state index in [1.165, 1.54) is 19.3 Å². The van der Waals surface area contributed by atoms with E-state index in [-0.39, 0.29) is 0 Å². The smallest absolute Gasteiger partial charge is 0.235 e. The second-order valence-electron chi connectivity index (χ2n) is 7.64. The Balaban J connectivity index is 1.57. The predicted octanol–water partition coefficient (Wildman–Crippen LogP) is 4.15. The summed E-state index contributed by atoms with van der Waals surface area (Å²) in [7, 11) is 1.97. The maximum Gasteiger partial charge on any atom is 0.235 e. The molecule has 4 aromatic rings. The molecule has 0 saturated heterocycles. The highest BCUT2D eigenvalue weighted by molar-refractivity contribution is 5.59. The lowest BCUT2D eigenvalue weighted by atomic mass is 9.84. The van der Waals surface area contributed by atoms with Crippen molar-refractivity contribution in [2.75, 3.05) is 0 Å². The Bertz CT molecular complexity index is 1110. The van der Waals surface area contributed by atoms with Crippen molar-refractivity contribution in [2.45, 2.75) is 44.6 Å². The Morgan fingerprint density at radius 3 is 2.66 bits per heavy atom. The summed E-state index contributed by atoms with van der Waals surface area (Å²) in [5.74, 6) is 2.70. The number of aryl methyl sites for hydroxylation is 1. The van der Waals surface area contributed by atoms with Gasteiger partial charge in [-0.25, -0.2) is 4.98 Å². The van der Waals surface area contributed by atoms with Crippen LogP contribution in [0.25, 0.3) is 17.0 Å². The molecule has 0 atom stereocenters. The van der Waals surface area contributed by atoms with E-state index in [1.807, 2.05) is 48.1 Å². The highest BCUT2D eigenvalue weighted by atomic mass is 16.5. The van der Waals surface area contributed by atoms with Crippen molar-refractivity contribution in [1.82, 2.24) is 29.4 Å². The number of fused-ring (bicyclic) bond motifs is 1.